The molecule has 0 saturated carbocycles. The van der Waals surface area contributed by atoms with E-state index in [1.807, 2.05) is 0 Å². The van der Waals surface area contributed by atoms with Gasteiger partial charge in [0.2, 0.25) is 5.13 Å². The average Bonchev–Trinajstić information content (AvgIpc) is 3.05. The Morgan fingerprint density at radius 2 is 2.19 bits per heavy atom. The molecule has 11 heteroatoms. The van der Waals surface area contributed by atoms with Crippen LogP contribution in [0.25, 0.3) is 0 Å². The van der Waals surface area contributed by atoms with Crippen molar-refractivity contribution >= 4 is 33.8 Å². The topological polar surface area (TPSA) is 79.8 Å². The van der Waals surface area contributed by atoms with E-state index in [1.54, 1.807) is 6.92 Å². The summed E-state index contributed by atoms with van der Waals surface area (Å²) in [5, 5.41) is 13.6. The molecule has 2 rings (SSSR count). The number of alkyl halides is 3. The lowest BCUT2D eigenvalue weighted by Crippen LogP contribution is -2.32. The minimum atomic E-state index is -4.48. The monoisotopic (exact) mass is 337 g/mol. The maximum absolute atomic E-state index is 12.5. The Hall–Kier alpha value is -1.75. The lowest BCUT2D eigenvalue weighted by atomic mass is 10.2. The van der Waals surface area contributed by atoms with E-state index in [0.29, 0.717) is 11.6 Å². The van der Waals surface area contributed by atoms with E-state index in [4.69, 9.17) is 0 Å². The van der Waals surface area contributed by atoms with Gasteiger partial charge in [-0.2, -0.15) is 13.2 Å². The molecule has 2 aromatic rings. The van der Waals surface area contributed by atoms with Crippen molar-refractivity contribution < 1.29 is 18.0 Å². The maximum atomic E-state index is 12.5. The van der Waals surface area contributed by atoms with E-state index in [1.165, 1.54) is 5.51 Å². The summed E-state index contributed by atoms with van der Waals surface area (Å²) < 4.78 is 37.5. The molecule has 0 fully saturated rings. The number of nitrogens with one attached hydrogen (secondary N) is 2. The molecular weight excluding hydrogens is 327 g/mol. The van der Waals surface area contributed by atoms with Gasteiger partial charge in [0.15, 0.2) is 5.69 Å². The normalized spacial score (nSPS) is 13.0. The highest BCUT2D eigenvalue weighted by atomic mass is 32.1. The molecule has 0 radical (unpaired) electrons. The lowest BCUT2D eigenvalue weighted by molar-refractivity contribution is -0.140. The number of hydrogen-bond donors (Lipinski definition) is 2. The van der Waals surface area contributed by atoms with E-state index in [2.05, 4.69) is 25.8 Å². The molecular formula is C10H10F3N5OS2. The minimum Gasteiger partial charge on any atom is -0.329 e. The molecule has 1 atom stereocenters. The Morgan fingerprint density at radius 3 is 2.71 bits per heavy atom. The Morgan fingerprint density at radius 1 is 1.43 bits per heavy atom. The van der Waals surface area contributed by atoms with E-state index >= 15 is 0 Å². The van der Waals surface area contributed by atoms with Crippen molar-refractivity contribution in [3.63, 3.8) is 0 Å². The Bertz CT molecular complexity index is 598. The number of nitrogens with zero attached hydrogens (tertiary/aromatic N) is 3. The number of anilines is 1. The molecule has 2 heterocycles. The number of aromatic nitrogens is 3. The maximum Gasteiger partial charge on any atom is 0.434 e. The molecule has 2 N–H and O–H groups in total. The fraction of sp³-hybridized carbons (Fsp3) is 0.400. The van der Waals surface area contributed by atoms with Crippen molar-refractivity contribution in [3.8, 4) is 0 Å². The van der Waals surface area contributed by atoms with Crippen LogP contribution in [0.15, 0.2) is 10.9 Å². The predicted molar refractivity (Wildman–Crippen MR) is 72.2 cm³/mol. The van der Waals surface area contributed by atoms with Crippen LogP contribution in [-0.2, 0) is 6.18 Å². The standard InChI is InChI=1S/C10H10F3N5OS2/c1-2-5(7-16-6(3-20-7)10(11,12)13)15-8(19)17-9-18-14-4-21-9/h3-5H,2H2,1H3,(H2,15,17,18,19). The van der Waals surface area contributed by atoms with Crippen LogP contribution in [0.3, 0.4) is 0 Å². The van der Waals surface area contributed by atoms with E-state index in [0.717, 1.165) is 28.1 Å². The fourth-order valence-corrected chi connectivity index (χ4v) is 2.83. The highest BCUT2D eigenvalue weighted by molar-refractivity contribution is 7.13. The molecule has 0 aliphatic heterocycles. The summed E-state index contributed by atoms with van der Waals surface area (Å²) in [4.78, 5) is 15.3. The number of carbonyl (C=O) groups is 1. The Labute approximate surface area is 125 Å². The summed E-state index contributed by atoms with van der Waals surface area (Å²) in [5.74, 6) is 0. The van der Waals surface area contributed by atoms with Crippen LogP contribution in [0.1, 0.15) is 30.1 Å². The highest BCUT2D eigenvalue weighted by Gasteiger charge is 2.34. The average molecular weight is 337 g/mol. The highest BCUT2D eigenvalue weighted by Crippen LogP contribution is 2.32. The number of halogens is 3. The summed E-state index contributed by atoms with van der Waals surface area (Å²) in [6.45, 7) is 1.74. The first kappa shape index (κ1) is 15.6. The second kappa shape index (κ2) is 6.35. The van der Waals surface area contributed by atoms with Gasteiger partial charge in [0.25, 0.3) is 0 Å². The molecule has 0 aliphatic carbocycles. The van der Waals surface area contributed by atoms with E-state index in [9.17, 15) is 18.0 Å². The van der Waals surface area contributed by atoms with Crippen molar-refractivity contribution in [2.24, 2.45) is 0 Å². The zero-order valence-electron chi connectivity index (χ0n) is 10.6. The van der Waals surface area contributed by atoms with Crippen LogP contribution < -0.4 is 10.6 Å². The number of thiazole rings is 1. The van der Waals surface area contributed by atoms with Gasteiger partial charge in [0, 0.05) is 5.38 Å². The van der Waals surface area contributed by atoms with Crippen molar-refractivity contribution in [2.45, 2.75) is 25.6 Å². The number of urea groups is 1. The molecule has 1 unspecified atom stereocenters. The first-order valence-electron chi connectivity index (χ1n) is 5.76. The molecule has 114 valence electrons. The first-order chi connectivity index (χ1) is 9.90. The lowest BCUT2D eigenvalue weighted by Gasteiger charge is -2.14. The second-order valence-corrected chi connectivity index (χ2v) is 5.59. The molecule has 2 aromatic heterocycles. The molecule has 21 heavy (non-hydrogen) atoms. The smallest absolute Gasteiger partial charge is 0.329 e. The fourth-order valence-electron chi connectivity index (χ4n) is 1.44. The van der Waals surface area contributed by atoms with Crippen molar-refractivity contribution in [3.05, 3.63) is 21.6 Å². The van der Waals surface area contributed by atoms with Crippen LogP contribution in [0, 0.1) is 0 Å². The van der Waals surface area contributed by atoms with Crippen LogP contribution >= 0.6 is 22.7 Å². The van der Waals surface area contributed by atoms with Gasteiger partial charge >= 0.3 is 12.2 Å². The Balaban J connectivity index is 2.02. The van der Waals surface area contributed by atoms with Crippen LogP contribution in [-0.4, -0.2) is 21.2 Å². The quantitative estimate of drug-likeness (QED) is 0.897. The molecule has 0 saturated heterocycles. The third-order valence-corrected chi connectivity index (χ3v) is 3.97. The van der Waals surface area contributed by atoms with Crippen molar-refractivity contribution in [2.75, 3.05) is 5.32 Å². The van der Waals surface area contributed by atoms with Crippen LogP contribution in [0.4, 0.5) is 23.1 Å². The van der Waals surface area contributed by atoms with Gasteiger partial charge < -0.3 is 5.32 Å². The largest absolute Gasteiger partial charge is 0.434 e. The van der Waals surface area contributed by atoms with E-state index < -0.39 is 23.9 Å². The predicted octanol–water partition coefficient (Wildman–Crippen LogP) is 3.29. The number of amides is 2. The van der Waals surface area contributed by atoms with Gasteiger partial charge in [-0.25, -0.2) is 9.78 Å². The van der Waals surface area contributed by atoms with Gasteiger partial charge in [-0.05, 0) is 6.42 Å². The number of hydrogen-bond acceptors (Lipinski definition) is 6. The summed E-state index contributed by atoms with van der Waals surface area (Å²) in [6, 6.07) is -1.17. The van der Waals surface area contributed by atoms with Gasteiger partial charge in [0.1, 0.15) is 10.5 Å². The van der Waals surface area contributed by atoms with Gasteiger partial charge in [-0.1, -0.05) is 18.3 Å². The van der Waals surface area contributed by atoms with Gasteiger partial charge in [0.05, 0.1) is 6.04 Å². The minimum absolute atomic E-state index is 0.206. The number of rotatable bonds is 4. The van der Waals surface area contributed by atoms with Gasteiger partial charge in [-0.3, -0.25) is 5.32 Å². The van der Waals surface area contributed by atoms with Gasteiger partial charge in [-0.15, -0.1) is 21.5 Å². The molecule has 2 amide bonds. The molecule has 0 aromatic carbocycles. The Kier molecular flexibility index (Phi) is 4.73. The molecule has 6 nitrogen and oxygen atoms in total. The SMILES string of the molecule is CCC(NC(=O)Nc1nncs1)c1nc(C(F)(F)F)cs1. The third-order valence-electron chi connectivity index (χ3n) is 2.40. The summed E-state index contributed by atoms with van der Waals surface area (Å²) in [5.41, 5.74) is 0.496. The third kappa shape index (κ3) is 4.11. The molecule has 0 spiro atoms. The number of carbonyl (C=O) groups excluding carboxylic acids is 1. The first-order valence-corrected chi connectivity index (χ1v) is 7.52. The second-order valence-electron chi connectivity index (χ2n) is 3.87. The zero-order chi connectivity index (χ0) is 15.5. The summed E-state index contributed by atoms with van der Waals surface area (Å²) >= 11 is 1.99. The van der Waals surface area contributed by atoms with Crippen LogP contribution in [0.5, 0.6) is 0 Å². The van der Waals surface area contributed by atoms with Crippen molar-refractivity contribution in [1.82, 2.24) is 20.5 Å². The molecule has 0 bridgehead atoms. The molecule has 0 aliphatic rings. The van der Waals surface area contributed by atoms with Crippen molar-refractivity contribution in [1.29, 1.82) is 0 Å². The van der Waals surface area contributed by atoms with Crippen LogP contribution in [0.2, 0.25) is 0 Å². The zero-order valence-corrected chi connectivity index (χ0v) is 12.3. The summed E-state index contributed by atoms with van der Waals surface area (Å²) in [7, 11) is 0. The van der Waals surface area contributed by atoms with E-state index in [-0.39, 0.29) is 5.01 Å². The summed E-state index contributed by atoms with van der Waals surface area (Å²) in [6.07, 6.45) is -4.07.